The van der Waals surface area contributed by atoms with Crippen LogP contribution in [0.4, 0.5) is 5.69 Å². The molecule has 3 amide bonds. The van der Waals surface area contributed by atoms with E-state index in [0.29, 0.717) is 51.9 Å². The molecule has 3 aromatic rings. The molecule has 12 heteroatoms. The van der Waals surface area contributed by atoms with E-state index in [4.69, 9.17) is 4.42 Å². The van der Waals surface area contributed by atoms with Gasteiger partial charge in [-0.2, -0.15) is 5.10 Å². The predicted octanol–water partition coefficient (Wildman–Crippen LogP) is 3.80. The number of nitro groups is 1. The second-order valence-electron chi connectivity index (χ2n) is 7.90. The number of hydrazine groups is 1. The zero-order chi connectivity index (χ0) is 25.8. The Morgan fingerprint density at radius 1 is 1.00 bits per heavy atom. The van der Waals surface area contributed by atoms with Gasteiger partial charge in [-0.3, -0.25) is 35.3 Å². The van der Waals surface area contributed by atoms with Crippen LogP contribution in [0.3, 0.4) is 0 Å². The van der Waals surface area contributed by atoms with Gasteiger partial charge >= 0.3 is 5.91 Å². The third kappa shape index (κ3) is 5.18. The van der Waals surface area contributed by atoms with Crippen molar-refractivity contribution < 1.29 is 23.7 Å². The van der Waals surface area contributed by atoms with E-state index in [9.17, 15) is 24.5 Å². The monoisotopic (exact) mass is 553 g/mol. The molecule has 0 aliphatic heterocycles. The van der Waals surface area contributed by atoms with Crippen molar-refractivity contribution in [1.82, 2.24) is 16.3 Å². The summed E-state index contributed by atoms with van der Waals surface area (Å²) in [6.45, 7) is 1.70. The van der Waals surface area contributed by atoms with E-state index < -0.39 is 22.6 Å². The number of hydrogen-bond acceptors (Lipinski definition) is 7. The number of carbonyl (C=O) groups excluding carboxylic acids is 3. The molecule has 2 aromatic carbocycles. The molecule has 0 spiro atoms. The highest BCUT2D eigenvalue weighted by Crippen LogP contribution is 2.30. The number of nitrogens with one attached hydrogen (secondary N) is 3. The number of hydrazone groups is 1. The molecule has 184 valence electrons. The lowest BCUT2D eigenvalue weighted by atomic mass is 9.93. The van der Waals surface area contributed by atoms with Crippen molar-refractivity contribution in [2.24, 2.45) is 5.10 Å². The Bertz CT molecular complexity index is 1400. The maximum Gasteiger partial charge on any atom is 0.305 e. The average molecular weight is 554 g/mol. The largest absolute Gasteiger partial charge is 0.455 e. The van der Waals surface area contributed by atoms with Crippen LogP contribution in [0, 0.1) is 17.0 Å². The molecule has 0 fully saturated rings. The normalized spacial score (nSPS) is 13.6. The molecule has 1 aliphatic carbocycles. The highest BCUT2D eigenvalue weighted by molar-refractivity contribution is 9.10. The van der Waals surface area contributed by atoms with E-state index in [1.807, 2.05) is 0 Å². The van der Waals surface area contributed by atoms with E-state index in [1.54, 1.807) is 31.2 Å². The maximum atomic E-state index is 12.7. The second-order valence-corrected chi connectivity index (χ2v) is 8.75. The Hall–Kier alpha value is -4.32. The first kappa shape index (κ1) is 24.8. The molecule has 36 heavy (non-hydrogen) atoms. The Labute approximate surface area is 213 Å². The summed E-state index contributed by atoms with van der Waals surface area (Å²) in [5.74, 6) is -1.07. The van der Waals surface area contributed by atoms with Crippen LogP contribution in [0.2, 0.25) is 0 Å². The number of non-ortho nitro benzene ring substituents is 1. The lowest BCUT2D eigenvalue weighted by Gasteiger charge is -2.13. The van der Waals surface area contributed by atoms with E-state index in [-0.39, 0.29) is 17.0 Å². The molecular formula is C24H20BrN5O6. The van der Waals surface area contributed by atoms with Crippen LogP contribution in [-0.4, -0.2) is 28.4 Å². The number of furan rings is 1. The molecule has 4 rings (SSSR count). The third-order valence-electron chi connectivity index (χ3n) is 5.57. The number of amides is 3. The first-order chi connectivity index (χ1) is 17.3. The fraction of sp³-hybridized carbons (Fsp3) is 0.167. The van der Waals surface area contributed by atoms with Crippen molar-refractivity contribution in [2.45, 2.75) is 26.2 Å². The number of fused-ring (bicyclic) bond motifs is 1. The van der Waals surface area contributed by atoms with E-state index in [2.05, 4.69) is 37.3 Å². The molecular weight excluding hydrogens is 534 g/mol. The summed E-state index contributed by atoms with van der Waals surface area (Å²) in [7, 11) is 0. The molecule has 0 atom stereocenters. The van der Waals surface area contributed by atoms with Crippen molar-refractivity contribution >= 4 is 45.1 Å². The summed E-state index contributed by atoms with van der Waals surface area (Å²) in [4.78, 5) is 47.8. The van der Waals surface area contributed by atoms with Crippen LogP contribution < -0.4 is 16.3 Å². The molecule has 3 N–H and O–H groups in total. The molecule has 0 unspecified atom stereocenters. The number of benzene rings is 2. The maximum absolute atomic E-state index is 12.7. The summed E-state index contributed by atoms with van der Waals surface area (Å²) in [6, 6.07) is 11.9. The lowest BCUT2D eigenvalue weighted by Crippen LogP contribution is -2.41. The van der Waals surface area contributed by atoms with Gasteiger partial charge in [-0.1, -0.05) is 12.1 Å². The first-order valence-electron chi connectivity index (χ1n) is 10.9. The molecule has 0 bridgehead atoms. The summed E-state index contributed by atoms with van der Waals surface area (Å²) in [5.41, 5.74) is 9.34. The van der Waals surface area contributed by atoms with Crippen LogP contribution >= 0.6 is 15.9 Å². The summed E-state index contributed by atoms with van der Waals surface area (Å²) >= 11 is 3.29. The highest BCUT2D eigenvalue weighted by atomic mass is 79.9. The van der Waals surface area contributed by atoms with Gasteiger partial charge in [0.1, 0.15) is 5.76 Å². The van der Waals surface area contributed by atoms with Gasteiger partial charge < -0.3 is 4.42 Å². The Balaban J connectivity index is 1.47. The smallest absolute Gasteiger partial charge is 0.305 e. The zero-order valence-corrected chi connectivity index (χ0v) is 20.5. The number of aryl methyl sites for hydroxylation is 1. The highest BCUT2D eigenvalue weighted by Gasteiger charge is 2.28. The first-order valence-corrected chi connectivity index (χ1v) is 11.6. The number of halogens is 1. The van der Waals surface area contributed by atoms with Crippen LogP contribution in [0.1, 0.15) is 61.0 Å². The Morgan fingerprint density at radius 3 is 2.39 bits per heavy atom. The van der Waals surface area contributed by atoms with Crippen molar-refractivity contribution in [2.75, 3.05) is 0 Å². The van der Waals surface area contributed by atoms with Gasteiger partial charge in [0.15, 0.2) is 5.76 Å². The Morgan fingerprint density at radius 2 is 1.69 bits per heavy atom. The molecule has 0 saturated heterocycles. The van der Waals surface area contributed by atoms with E-state index in [1.165, 1.54) is 24.3 Å². The molecule has 1 aromatic heterocycles. The quantitative estimate of drug-likeness (QED) is 0.322. The SMILES string of the molecule is Cc1c(C(=O)NNC(=O)c2ccccc2Br)oc2c1/C(=N/NC(=O)c1ccc([N+](=O)[O-])cc1)CCC2. The van der Waals surface area contributed by atoms with Gasteiger partial charge in [0, 0.05) is 39.7 Å². The fourth-order valence-corrected chi connectivity index (χ4v) is 4.26. The fourth-order valence-electron chi connectivity index (χ4n) is 3.80. The minimum atomic E-state index is -0.628. The van der Waals surface area contributed by atoms with E-state index >= 15 is 0 Å². The van der Waals surface area contributed by atoms with Crippen molar-refractivity contribution in [3.63, 3.8) is 0 Å². The molecule has 11 nitrogen and oxygen atoms in total. The number of carbonyl (C=O) groups is 3. The molecule has 1 aliphatic rings. The third-order valence-corrected chi connectivity index (χ3v) is 6.26. The van der Waals surface area contributed by atoms with E-state index in [0.717, 1.165) is 0 Å². The van der Waals surface area contributed by atoms with Gasteiger partial charge in [-0.15, -0.1) is 0 Å². The van der Waals surface area contributed by atoms with Crippen LogP contribution in [0.25, 0.3) is 0 Å². The van der Waals surface area contributed by atoms with Crippen LogP contribution in [0.5, 0.6) is 0 Å². The van der Waals surface area contributed by atoms with Gasteiger partial charge in [0.05, 0.1) is 16.2 Å². The standard InChI is InChI=1S/C24H20BrN5O6/c1-13-20-18(26-27-22(31)14-9-11-15(12-10-14)30(34)35)7-4-8-19(20)36-21(13)24(33)29-28-23(32)16-5-2-3-6-17(16)25/h2-3,5-6,9-12H,4,7-8H2,1H3,(H,27,31)(H,28,32)(H,29,33)/b26-18+. The van der Waals surface area contributed by atoms with Gasteiger partial charge in [-0.05, 0) is 60.0 Å². The number of nitro benzene ring substituents is 1. The number of hydrogen-bond donors (Lipinski definition) is 3. The lowest BCUT2D eigenvalue weighted by molar-refractivity contribution is -0.384. The zero-order valence-electron chi connectivity index (χ0n) is 19.0. The van der Waals surface area contributed by atoms with Crippen molar-refractivity contribution in [3.8, 4) is 0 Å². The van der Waals surface area contributed by atoms with Gasteiger partial charge in [-0.25, -0.2) is 5.43 Å². The van der Waals surface area contributed by atoms with Crippen molar-refractivity contribution in [1.29, 1.82) is 0 Å². The Kier molecular flexibility index (Phi) is 7.25. The topological polar surface area (TPSA) is 156 Å². The van der Waals surface area contributed by atoms with Gasteiger partial charge in [0.25, 0.3) is 17.5 Å². The average Bonchev–Trinajstić information content (AvgIpc) is 3.23. The number of rotatable bonds is 5. The van der Waals surface area contributed by atoms with Gasteiger partial charge in [0.2, 0.25) is 0 Å². The molecule has 1 heterocycles. The number of nitrogens with zero attached hydrogens (tertiary/aromatic N) is 2. The summed E-state index contributed by atoms with van der Waals surface area (Å²) in [5, 5.41) is 15.0. The summed E-state index contributed by atoms with van der Waals surface area (Å²) < 4.78 is 6.37. The molecule has 0 saturated carbocycles. The van der Waals surface area contributed by atoms with Crippen LogP contribution in [0.15, 0.2) is 62.5 Å². The second kappa shape index (κ2) is 10.5. The predicted molar refractivity (Wildman–Crippen MR) is 133 cm³/mol. The summed E-state index contributed by atoms with van der Waals surface area (Å²) in [6.07, 6.45) is 1.84. The van der Waals surface area contributed by atoms with Crippen LogP contribution in [-0.2, 0) is 6.42 Å². The molecule has 0 radical (unpaired) electrons. The minimum Gasteiger partial charge on any atom is -0.455 e. The van der Waals surface area contributed by atoms with Crippen molar-refractivity contribution in [3.05, 3.63) is 96.9 Å². The minimum absolute atomic E-state index is 0.0312.